The van der Waals surface area contributed by atoms with Crippen molar-refractivity contribution in [2.75, 3.05) is 0 Å². The van der Waals surface area contributed by atoms with E-state index < -0.39 is 32.5 Å². The fraction of sp³-hybridized carbons (Fsp3) is 0. The Morgan fingerprint density at radius 2 is 1.59 bits per heavy atom. The fourth-order valence-corrected chi connectivity index (χ4v) is 2.91. The highest BCUT2D eigenvalue weighted by Crippen LogP contribution is 2.25. The first-order chi connectivity index (χ1) is 10.3. The minimum atomic E-state index is -4.75. The molecule has 8 heteroatoms. The number of ether oxygens (including phenoxy) is 1. The first-order valence-electron chi connectivity index (χ1n) is 5.88. The summed E-state index contributed by atoms with van der Waals surface area (Å²) >= 11 is 5.68. The minimum absolute atomic E-state index is 0.117. The summed E-state index contributed by atoms with van der Waals surface area (Å²) in [7, 11) is -4.75. The van der Waals surface area contributed by atoms with Gasteiger partial charge in [-0.15, -0.1) is 0 Å². The standard InChI is InChI=1S/C14H9ClO6S/c15-11-8-4-7-10(12(11)22(18,19)20)14(17)21-13(16)9-5-2-1-3-6-9/h1-8H,(H,18,19,20). The maximum absolute atomic E-state index is 12.0. The SMILES string of the molecule is O=C(OC(=O)c1cccc(Cl)c1S(=O)(=O)O)c1ccccc1. The second-order valence-corrected chi connectivity index (χ2v) is 5.90. The van der Waals surface area contributed by atoms with Crippen molar-refractivity contribution < 1.29 is 27.3 Å². The van der Waals surface area contributed by atoms with Crippen LogP contribution < -0.4 is 0 Å². The van der Waals surface area contributed by atoms with Crippen molar-refractivity contribution in [2.24, 2.45) is 0 Å². The largest absolute Gasteiger partial charge is 0.386 e. The Hall–Kier alpha value is -2.22. The smallest absolute Gasteiger partial charge is 0.347 e. The fourth-order valence-electron chi connectivity index (χ4n) is 1.70. The van der Waals surface area contributed by atoms with E-state index in [4.69, 9.17) is 16.2 Å². The molecule has 0 saturated heterocycles. The van der Waals surface area contributed by atoms with Gasteiger partial charge in [0.15, 0.2) is 0 Å². The maximum Gasteiger partial charge on any atom is 0.347 e. The first kappa shape index (κ1) is 16.2. The predicted octanol–water partition coefficient (Wildman–Crippen LogP) is 2.58. The highest BCUT2D eigenvalue weighted by atomic mass is 35.5. The van der Waals surface area contributed by atoms with Crippen LogP contribution in [0, 0.1) is 0 Å². The molecule has 0 amide bonds. The van der Waals surface area contributed by atoms with E-state index in [1.54, 1.807) is 18.2 Å². The number of carbonyl (C=O) groups excluding carboxylic acids is 2. The Morgan fingerprint density at radius 1 is 0.955 bits per heavy atom. The molecule has 0 aromatic heterocycles. The van der Waals surface area contributed by atoms with E-state index in [0.29, 0.717) is 0 Å². The van der Waals surface area contributed by atoms with Gasteiger partial charge in [0.05, 0.1) is 16.1 Å². The van der Waals surface area contributed by atoms with Gasteiger partial charge in [-0.05, 0) is 24.3 Å². The molecule has 0 atom stereocenters. The Morgan fingerprint density at radius 3 is 2.18 bits per heavy atom. The summed E-state index contributed by atoms with van der Waals surface area (Å²) in [6.07, 6.45) is 0. The molecule has 2 aromatic carbocycles. The maximum atomic E-state index is 12.0. The average molecular weight is 341 g/mol. The Bertz CT molecular complexity index is 830. The van der Waals surface area contributed by atoms with Gasteiger partial charge in [0.2, 0.25) is 0 Å². The number of hydrogen-bond acceptors (Lipinski definition) is 5. The van der Waals surface area contributed by atoms with Crippen LogP contribution in [-0.4, -0.2) is 24.9 Å². The average Bonchev–Trinajstić information content (AvgIpc) is 2.46. The summed E-state index contributed by atoms with van der Waals surface area (Å²) < 4.78 is 36.4. The van der Waals surface area contributed by atoms with Crippen molar-refractivity contribution in [3.05, 3.63) is 64.7 Å². The monoisotopic (exact) mass is 340 g/mol. The molecule has 22 heavy (non-hydrogen) atoms. The van der Waals surface area contributed by atoms with Crippen LogP contribution in [0.5, 0.6) is 0 Å². The third-order valence-corrected chi connectivity index (χ3v) is 4.02. The van der Waals surface area contributed by atoms with Gasteiger partial charge in [-0.3, -0.25) is 4.55 Å². The lowest BCUT2D eigenvalue weighted by Gasteiger charge is -2.08. The van der Waals surface area contributed by atoms with Crippen molar-refractivity contribution in [1.82, 2.24) is 0 Å². The molecule has 1 N–H and O–H groups in total. The van der Waals surface area contributed by atoms with Crippen molar-refractivity contribution in [2.45, 2.75) is 4.90 Å². The van der Waals surface area contributed by atoms with Gasteiger partial charge in [0, 0.05) is 0 Å². The lowest BCUT2D eigenvalue weighted by Crippen LogP contribution is -2.16. The summed E-state index contributed by atoms with van der Waals surface area (Å²) in [5, 5.41) is -0.357. The van der Waals surface area contributed by atoms with Crippen molar-refractivity contribution in [3.8, 4) is 0 Å². The van der Waals surface area contributed by atoms with Crippen LogP contribution in [0.15, 0.2) is 53.4 Å². The second kappa shape index (κ2) is 6.27. The molecule has 0 bridgehead atoms. The number of hydrogen-bond donors (Lipinski definition) is 1. The lowest BCUT2D eigenvalue weighted by molar-refractivity contribution is 0.0394. The molecule has 6 nitrogen and oxygen atoms in total. The summed E-state index contributed by atoms with van der Waals surface area (Å²) in [5.74, 6) is -2.18. The molecule has 0 aliphatic carbocycles. The normalized spacial score (nSPS) is 11.0. The zero-order valence-electron chi connectivity index (χ0n) is 10.9. The number of esters is 2. The van der Waals surface area contributed by atoms with Gasteiger partial charge in [-0.2, -0.15) is 8.42 Å². The molecule has 2 rings (SSSR count). The van der Waals surface area contributed by atoms with E-state index in [2.05, 4.69) is 4.74 Å². The van der Waals surface area contributed by atoms with Crippen LogP contribution in [0.1, 0.15) is 20.7 Å². The van der Waals surface area contributed by atoms with E-state index >= 15 is 0 Å². The second-order valence-electron chi connectivity index (χ2n) is 4.13. The van der Waals surface area contributed by atoms with Crippen LogP contribution in [0.2, 0.25) is 5.02 Å². The molecule has 0 aliphatic heterocycles. The summed E-state index contributed by atoms with van der Waals surface area (Å²) in [5.41, 5.74) is -0.412. The molecule has 0 heterocycles. The van der Waals surface area contributed by atoms with Crippen LogP contribution in [0.4, 0.5) is 0 Å². The molecule has 0 fully saturated rings. The summed E-state index contributed by atoms with van der Waals surface area (Å²) in [6, 6.07) is 11.2. The van der Waals surface area contributed by atoms with Crippen LogP contribution in [0.25, 0.3) is 0 Å². The van der Waals surface area contributed by atoms with Crippen LogP contribution in [0.3, 0.4) is 0 Å². The number of halogens is 1. The number of benzene rings is 2. The third kappa shape index (κ3) is 3.51. The van der Waals surface area contributed by atoms with Crippen molar-refractivity contribution >= 4 is 33.7 Å². The molecule has 0 radical (unpaired) electrons. The Balaban J connectivity index is 2.36. The van der Waals surface area contributed by atoms with Gasteiger partial charge < -0.3 is 4.74 Å². The highest BCUT2D eigenvalue weighted by molar-refractivity contribution is 7.86. The molecular formula is C14H9ClO6S. The summed E-state index contributed by atoms with van der Waals surface area (Å²) in [4.78, 5) is 23.0. The van der Waals surface area contributed by atoms with Gasteiger partial charge in [0.1, 0.15) is 4.90 Å². The van der Waals surface area contributed by atoms with Gasteiger partial charge >= 0.3 is 11.9 Å². The van der Waals surface area contributed by atoms with Crippen LogP contribution >= 0.6 is 11.6 Å². The number of rotatable bonds is 3. The topological polar surface area (TPSA) is 97.7 Å². The van der Waals surface area contributed by atoms with Gasteiger partial charge in [-0.25, -0.2) is 9.59 Å². The summed E-state index contributed by atoms with van der Waals surface area (Å²) in [6.45, 7) is 0. The van der Waals surface area contributed by atoms with E-state index in [0.717, 1.165) is 6.07 Å². The highest BCUT2D eigenvalue weighted by Gasteiger charge is 2.26. The molecule has 2 aromatic rings. The predicted molar refractivity (Wildman–Crippen MR) is 77.5 cm³/mol. The zero-order valence-corrected chi connectivity index (χ0v) is 12.5. The molecule has 114 valence electrons. The zero-order chi connectivity index (χ0) is 16.3. The molecule has 0 unspecified atom stereocenters. The Kier molecular flexibility index (Phi) is 4.60. The van der Waals surface area contributed by atoms with E-state index in [1.807, 2.05) is 0 Å². The van der Waals surface area contributed by atoms with Crippen molar-refractivity contribution in [3.63, 3.8) is 0 Å². The van der Waals surface area contributed by atoms with Gasteiger partial charge in [-0.1, -0.05) is 35.9 Å². The van der Waals surface area contributed by atoms with Crippen LogP contribution in [-0.2, 0) is 14.9 Å². The van der Waals surface area contributed by atoms with E-state index in [-0.39, 0.29) is 10.6 Å². The lowest BCUT2D eigenvalue weighted by atomic mass is 10.2. The Labute approximate surface area is 131 Å². The molecule has 0 aliphatic rings. The van der Waals surface area contributed by atoms with E-state index in [1.165, 1.54) is 24.3 Å². The number of carbonyl (C=O) groups is 2. The van der Waals surface area contributed by atoms with Gasteiger partial charge in [0.25, 0.3) is 10.1 Å². The quantitative estimate of drug-likeness (QED) is 0.524. The minimum Gasteiger partial charge on any atom is -0.386 e. The molecular weight excluding hydrogens is 332 g/mol. The van der Waals surface area contributed by atoms with E-state index in [9.17, 15) is 18.0 Å². The molecule has 0 spiro atoms. The molecule has 0 saturated carbocycles. The first-order valence-corrected chi connectivity index (χ1v) is 7.70. The third-order valence-electron chi connectivity index (χ3n) is 2.64. The van der Waals surface area contributed by atoms with Crippen molar-refractivity contribution in [1.29, 1.82) is 0 Å².